The van der Waals surface area contributed by atoms with E-state index in [1.165, 1.54) is 5.56 Å². The number of carbonyl (C=O) groups excluding carboxylic acids is 1. The molecule has 1 aromatic carbocycles. The molecule has 0 unspecified atom stereocenters. The highest BCUT2D eigenvalue weighted by Crippen LogP contribution is 2.21. The minimum atomic E-state index is 0. The predicted molar refractivity (Wildman–Crippen MR) is 112 cm³/mol. The Balaban J connectivity index is 0.00000182. The number of nitrogens with zero attached hydrogens (tertiary/aromatic N) is 2. The molecule has 0 atom stereocenters. The molecule has 2 heterocycles. The molecule has 1 saturated heterocycles. The van der Waals surface area contributed by atoms with Crippen LogP contribution in [0.3, 0.4) is 0 Å². The van der Waals surface area contributed by atoms with Gasteiger partial charge in [-0.05, 0) is 6.92 Å². The van der Waals surface area contributed by atoms with Crippen LogP contribution in [0.2, 0.25) is 0 Å². The van der Waals surface area contributed by atoms with Crippen molar-refractivity contribution in [3.05, 3.63) is 41.9 Å². The van der Waals surface area contributed by atoms with Crippen molar-refractivity contribution >= 4 is 30.7 Å². The van der Waals surface area contributed by atoms with E-state index >= 15 is 0 Å². The molecular weight excluding hydrogens is 387 g/mol. The Kier molecular flexibility index (Phi) is 10.4. The molecule has 0 radical (unpaired) electrons. The van der Waals surface area contributed by atoms with Gasteiger partial charge in [-0.2, -0.15) is 0 Å². The Morgan fingerprint density at radius 3 is 2.63 bits per heavy atom. The van der Waals surface area contributed by atoms with Crippen molar-refractivity contribution in [2.24, 2.45) is 0 Å². The van der Waals surface area contributed by atoms with Gasteiger partial charge in [-0.1, -0.05) is 29.8 Å². The van der Waals surface area contributed by atoms with E-state index in [0.717, 1.165) is 44.0 Å². The molecular formula is C19H28Cl2N4O2. The number of rotatable bonds is 7. The standard InChI is InChI=1S/C19H26N4O2.2ClH/c1-15-2-4-16(5-3-15)17-14-22-19(25-17)7-6-18(24)21-10-13-23-11-8-20-9-12-23;;/h2-5,14,20H,6-13H2,1H3,(H,21,24);2*1H. The van der Waals surface area contributed by atoms with E-state index in [1.54, 1.807) is 6.20 Å². The number of nitrogens with one attached hydrogen (secondary N) is 2. The summed E-state index contributed by atoms with van der Waals surface area (Å²) in [5.41, 5.74) is 2.21. The van der Waals surface area contributed by atoms with Crippen LogP contribution in [0.1, 0.15) is 17.9 Å². The van der Waals surface area contributed by atoms with Gasteiger partial charge >= 0.3 is 0 Å². The highest BCUT2D eigenvalue weighted by Gasteiger charge is 2.11. The quantitative estimate of drug-likeness (QED) is 0.727. The molecule has 2 aromatic rings. The highest BCUT2D eigenvalue weighted by atomic mass is 35.5. The fourth-order valence-electron chi connectivity index (χ4n) is 2.87. The molecule has 2 N–H and O–H groups in total. The summed E-state index contributed by atoms with van der Waals surface area (Å²) in [5.74, 6) is 1.40. The molecule has 27 heavy (non-hydrogen) atoms. The molecule has 0 saturated carbocycles. The second-order valence-electron chi connectivity index (χ2n) is 6.43. The zero-order valence-electron chi connectivity index (χ0n) is 15.6. The van der Waals surface area contributed by atoms with Gasteiger partial charge in [-0.15, -0.1) is 24.8 Å². The van der Waals surface area contributed by atoms with Gasteiger partial charge in [0.05, 0.1) is 6.20 Å². The minimum Gasteiger partial charge on any atom is -0.441 e. The first-order chi connectivity index (χ1) is 12.2. The average molecular weight is 415 g/mol. The topological polar surface area (TPSA) is 70.4 Å². The van der Waals surface area contributed by atoms with Crippen LogP contribution in [0.5, 0.6) is 0 Å². The Morgan fingerprint density at radius 1 is 1.22 bits per heavy atom. The predicted octanol–water partition coefficient (Wildman–Crippen LogP) is 2.45. The van der Waals surface area contributed by atoms with Crippen molar-refractivity contribution in [2.75, 3.05) is 39.3 Å². The van der Waals surface area contributed by atoms with Crippen molar-refractivity contribution in [1.82, 2.24) is 20.5 Å². The van der Waals surface area contributed by atoms with Gasteiger partial charge in [0.15, 0.2) is 11.7 Å². The Morgan fingerprint density at radius 2 is 1.93 bits per heavy atom. The van der Waals surface area contributed by atoms with Crippen molar-refractivity contribution in [3.8, 4) is 11.3 Å². The maximum atomic E-state index is 12.0. The fourth-order valence-corrected chi connectivity index (χ4v) is 2.87. The van der Waals surface area contributed by atoms with Crippen LogP contribution in [-0.4, -0.2) is 55.1 Å². The molecule has 1 amide bonds. The minimum absolute atomic E-state index is 0. The smallest absolute Gasteiger partial charge is 0.220 e. The first-order valence-electron chi connectivity index (χ1n) is 8.92. The van der Waals surface area contributed by atoms with Crippen LogP contribution in [0.15, 0.2) is 34.9 Å². The van der Waals surface area contributed by atoms with Gasteiger partial charge in [-0.25, -0.2) is 4.98 Å². The van der Waals surface area contributed by atoms with Gasteiger partial charge in [0.25, 0.3) is 0 Å². The molecule has 1 aliphatic heterocycles. The third kappa shape index (κ3) is 7.50. The van der Waals surface area contributed by atoms with Crippen molar-refractivity contribution < 1.29 is 9.21 Å². The highest BCUT2D eigenvalue weighted by molar-refractivity contribution is 5.85. The molecule has 0 bridgehead atoms. The molecule has 1 aliphatic rings. The summed E-state index contributed by atoms with van der Waals surface area (Å²) in [6, 6.07) is 8.12. The molecule has 1 aromatic heterocycles. The van der Waals surface area contributed by atoms with Crippen molar-refractivity contribution in [1.29, 1.82) is 0 Å². The number of piperazine rings is 1. The summed E-state index contributed by atoms with van der Waals surface area (Å²) in [5, 5.41) is 6.30. The summed E-state index contributed by atoms with van der Waals surface area (Å²) in [7, 11) is 0. The lowest BCUT2D eigenvalue weighted by Crippen LogP contribution is -2.46. The van der Waals surface area contributed by atoms with Crippen LogP contribution in [0, 0.1) is 6.92 Å². The number of hydrogen-bond acceptors (Lipinski definition) is 5. The van der Waals surface area contributed by atoms with E-state index in [1.807, 2.05) is 24.3 Å². The van der Waals surface area contributed by atoms with E-state index < -0.39 is 0 Å². The van der Waals surface area contributed by atoms with Crippen LogP contribution in [0.4, 0.5) is 0 Å². The SMILES string of the molecule is Cc1ccc(-c2cnc(CCC(=O)NCCN3CCNCC3)o2)cc1.Cl.Cl. The van der Waals surface area contributed by atoms with Crippen LogP contribution in [0.25, 0.3) is 11.3 Å². The number of carbonyl (C=O) groups is 1. The number of hydrogen-bond donors (Lipinski definition) is 2. The third-order valence-electron chi connectivity index (χ3n) is 4.42. The summed E-state index contributed by atoms with van der Waals surface area (Å²) in [4.78, 5) is 18.6. The molecule has 1 fully saturated rings. The molecule has 8 heteroatoms. The second kappa shape index (κ2) is 12.0. The van der Waals surface area contributed by atoms with E-state index in [4.69, 9.17) is 4.42 Å². The monoisotopic (exact) mass is 414 g/mol. The van der Waals surface area contributed by atoms with Gasteiger partial charge in [0, 0.05) is 57.7 Å². The Labute approximate surface area is 172 Å². The maximum Gasteiger partial charge on any atom is 0.220 e. The van der Waals surface area contributed by atoms with E-state index in [-0.39, 0.29) is 30.7 Å². The molecule has 0 aliphatic carbocycles. The number of oxazole rings is 1. The molecule has 3 rings (SSSR count). The van der Waals surface area contributed by atoms with Gasteiger partial charge in [-0.3, -0.25) is 9.69 Å². The summed E-state index contributed by atoms with van der Waals surface area (Å²) < 4.78 is 5.75. The van der Waals surface area contributed by atoms with Crippen LogP contribution < -0.4 is 10.6 Å². The van der Waals surface area contributed by atoms with Crippen molar-refractivity contribution in [3.63, 3.8) is 0 Å². The van der Waals surface area contributed by atoms with E-state index in [2.05, 4.69) is 27.4 Å². The average Bonchev–Trinajstić information content (AvgIpc) is 3.10. The van der Waals surface area contributed by atoms with Crippen LogP contribution >= 0.6 is 24.8 Å². The second-order valence-corrected chi connectivity index (χ2v) is 6.43. The zero-order valence-corrected chi connectivity index (χ0v) is 17.2. The summed E-state index contributed by atoms with van der Waals surface area (Å²) >= 11 is 0. The largest absolute Gasteiger partial charge is 0.441 e. The van der Waals surface area contributed by atoms with E-state index in [9.17, 15) is 4.79 Å². The number of benzene rings is 1. The van der Waals surface area contributed by atoms with Crippen molar-refractivity contribution in [2.45, 2.75) is 19.8 Å². The van der Waals surface area contributed by atoms with Gasteiger partial charge in [0.2, 0.25) is 5.91 Å². The maximum absolute atomic E-state index is 12.0. The lowest BCUT2D eigenvalue weighted by Gasteiger charge is -2.27. The normalized spacial score (nSPS) is 14.1. The van der Waals surface area contributed by atoms with Gasteiger partial charge < -0.3 is 15.1 Å². The molecule has 0 spiro atoms. The zero-order chi connectivity index (χ0) is 17.5. The summed E-state index contributed by atoms with van der Waals surface area (Å²) in [6.45, 7) is 7.81. The molecule has 150 valence electrons. The van der Waals surface area contributed by atoms with Gasteiger partial charge in [0.1, 0.15) is 0 Å². The first-order valence-corrected chi connectivity index (χ1v) is 8.92. The fraction of sp³-hybridized carbons (Fsp3) is 0.474. The van der Waals surface area contributed by atoms with E-state index in [0.29, 0.717) is 25.3 Å². The number of aromatic nitrogens is 1. The lowest BCUT2D eigenvalue weighted by molar-refractivity contribution is -0.121. The van der Waals surface area contributed by atoms with Crippen LogP contribution in [-0.2, 0) is 11.2 Å². The summed E-state index contributed by atoms with van der Waals surface area (Å²) in [6.07, 6.45) is 2.64. The number of amides is 1. The number of aryl methyl sites for hydroxylation is 2. The lowest BCUT2D eigenvalue weighted by atomic mass is 10.1. The Hall–Kier alpha value is -1.60. The first kappa shape index (κ1) is 23.4. The number of halogens is 2. The third-order valence-corrected chi connectivity index (χ3v) is 4.42. The Bertz CT molecular complexity index is 685. The molecule has 6 nitrogen and oxygen atoms in total.